The van der Waals surface area contributed by atoms with Crippen LogP contribution in [-0.2, 0) is 6.42 Å². The number of carboxylic acid groups (broad SMARTS) is 1. The average Bonchev–Trinajstić information content (AvgIpc) is 2.56. The van der Waals surface area contributed by atoms with E-state index in [9.17, 15) is 4.79 Å². The number of carboxylic acids is 1. The molecule has 0 unspecified atom stereocenters. The van der Waals surface area contributed by atoms with Gasteiger partial charge in [-0.15, -0.1) is 17.9 Å². The van der Waals surface area contributed by atoms with E-state index < -0.39 is 5.97 Å². The minimum absolute atomic E-state index is 0.426. The molecule has 1 heterocycles. The van der Waals surface area contributed by atoms with Crippen molar-refractivity contribution >= 4 is 27.4 Å². The third-order valence-corrected chi connectivity index (χ3v) is 3.41. The molecule has 0 aliphatic rings. The van der Waals surface area contributed by atoms with Crippen molar-refractivity contribution in [2.45, 2.75) is 6.42 Å². The number of rotatable bonds is 3. The van der Waals surface area contributed by atoms with Crippen LogP contribution < -0.4 is 0 Å². The molecule has 0 saturated carbocycles. The van der Waals surface area contributed by atoms with E-state index >= 15 is 0 Å². The van der Waals surface area contributed by atoms with Crippen LogP contribution >= 0.6 is 11.3 Å². The Morgan fingerprint density at radius 1 is 1.47 bits per heavy atom. The number of carbonyl (C=O) groups is 1. The molecule has 0 spiro atoms. The molecule has 0 aliphatic heterocycles. The second-order valence-corrected chi connectivity index (χ2v) is 4.33. The smallest absolute Gasteiger partial charge is 0.337 e. The van der Waals surface area contributed by atoms with Crippen LogP contribution in [0, 0.1) is 0 Å². The molecule has 3 heteroatoms. The van der Waals surface area contributed by atoms with E-state index in [0.717, 1.165) is 15.0 Å². The lowest BCUT2D eigenvalue weighted by Crippen LogP contribution is -1.98. The molecule has 2 nitrogen and oxygen atoms in total. The molecular weight excluding hydrogens is 208 g/mol. The summed E-state index contributed by atoms with van der Waals surface area (Å²) in [6.45, 7) is 3.64. The van der Waals surface area contributed by atoms with Gasteiger partial charge in [0.15, 0.2) is 0 Å². The third kappa shape index (κ3) is 1.66. The van der Waals surface area contributed by atoms with Crippen LogP contribution in [0.15, 0.2) is 36.9 Å². The van der Waals surface area contributed by atoms with E-state index in [1.807, 2.05) is 24.3 Å². The van der Waals surface area contributed by atoms with Gasteiger partial charge in [-0.2, -0.15) is 0 Å². The van der Waals surface area contributed by atoms with Crippen molar-refractivity contribution in [1.29, 1.82) is 0 Å². The lowest BCUT2D eigenvalue weighted by molar-refractivity contribution is 0.0698. The molecule has 2 aromatic rings. The Kier molecular flexibility index (Phi) is 2.56. The molecule has 0 amide bonds. The maximum absolute atomic E-state index is 11.1. The summed E-state index contributed by atoms with van der Waals surface area (Å²) in [6, 6.07) is 7.57. The molecular formula is C12H10O2S. The van der Waals surface area contributed by atoms with Crippen molar-refractivity contribution in [3.63, 3.8) is 0 Å². The predicted octanol–water partition coefficient (Wildman–Crippen LogP) is 3.33. The van der Waals surface area contributed by atoms with E-state index in [4.69, 9.17) is 5.11 Å². The molecule has 2 rings (SSSR count). The number of fused-ring (bicyclic) bond motifs is 1. The van der Waals surface area contributed by atoms with E-state index in [0.29, 0.717) is 12.0 Å². The maximum atomic E-state index is 11.1. The number of hydrogen-bond donors (Lipinski definition) is 1. The van der Waals surface area contributed by atoms with Crippen LogP contribution in [0.1, 0.15) is 15.2 Å². The second kappa shape index (κ2) is 3.87. The standard InChI is InChI=1S/C12H10O2S/c1-2-5-10-11(12(13)14)8-6-3-4-7-9(8)15-10/h2-4,6-7H,1,5H2,(H,13,14). The highest BCUT2D eigenvalue weighted by Crippen LogP contribution is 2.31. The molecule has 76 valence electrons. The third-order valence-electron chi connectivity index (χ3n) is 2.21. The Labute approximate surface area is 91.5 Å². The average molecular weight is 218 g/mol. The Morgan fingerprint density at radius 2 is 2.20 bits per heavy atom. The highest BCUT2D eigenvalue weighted by molar-refractivity contribution is 7.19. The van der Waals surface area contributed by atoms with Crippen LogP contribution in [0.2, 0.25) is 0 Å². The Bertz CT molecular complexity index is 525. The first kappa shape index (κ1) is 9.93. The van der Waals surface area contributed by atoms with Crippen molar-refractivity contribution in [3.8, 4) is 0 Å². The molecule has 15 heavy (non-hydrogen) atoms. The zero-order chi connectivity index (χ0) is 10.8. The Morgan fingerprint density at radius 3 is 2.87 bits per heavy atom. The lowest BCUT2D eigenvalue weighted by Gasteiger charge is -1.95. The summed E-state index contributed by atoms with van der Waals surface area (Å²) < 4.78 is 1.02. The van der Waals surface area contributed by atoms with Gasteiger partial charge in [0, 0.05) is 21.4 Å². The van der Waals surface area contributed by atoms with Crippen molar-refractivity contribution in [1.82, 2.24) is 0 Å². The summed E-state index contributed by atoms with van der Waals surface area (Å²) in [5.41, 5.74) is 0.426. The first-order valence-electron chi connectivity index (χ1n) is 4.58. The molecule has 0 saturated heterocycles. The van der Waals surface area contributed by atoms with Gasteiger partial charge in [-0.1, -0.05) is 24.3 Å². The predicted molar refractivity (Wildman–Crippen MR) is 62.7 cm³/mol. The molecule has 1 aromatic carbocycles. The van der Waals surface area contributed by atoms with Crippen molar-refractivity contribution in [3.05, 3.63) is 47.4 Å². The molecule has 0 fully saturated rings. The lowest BCUT2D eigenvalue weighted by atomic mass is 10.1. The first-order valence-corrected chi connectivity index (χ1v) is 5.40. The van der Waals surface area contributed by atoms with E-state index in [1.165, 1.54) is 11.3 Å². The SMILES string of the molecule is C=CCc1sc2ccccc2c1C(=O)O. The van der Waals surface area contributed by atoms with Gasteiger partial charge in [0.2, 0.25) is 0 Å². The minimum atomic E-state index is -0.857. The zero-order valence-corrected chi connectivity index (χ0v) is 8.88. The summed E-state index contributed by atoms with van der Waals surface area (Å²) in [7, 11) is 0. The molecule has 1 aromatic heterocycles. The van der Waals surface area contributed by atoms with Crippen LogP contribution in [-0.4, -0.2) is 11.1 Å². The largest absolute Gasteiger partial charge is 0.478 e. The summed E-state index contributed by atoms with van der Waals surface area (Å²) in [5, 5.41) is 9.98. The van der Waals surface area contributed by atoms with E-state index in [1.54, 1.807) is 6.08 Å². The summed E-state index contributed by atoms with van der Waals surface area (Å²) >= 11 is 1.52. The molecule has 0 radical (unpaired) electrons. The minimum Gasteiger partial charge on any atom is -0.478 e. The first-order chi connectivity index (χ1) is 7.24. The van der Waals surface area contributed by atoms with Gasteiger partial charge in [-0.3, -0.25) is 0 Å². The van der Waals surface area contributed by atoms with Gasteiger partial charge in [-0.05, 0) is 6.07 Å². The van der Waals surface area contributed by atoms with Gasteiger partial charge in [0.05, 0.1) is 5.56 Å². The molecule has 0 bridgehead atoms. The highest BCUT2D eigenvalue weighted by Gasteiger charge is 2.16. The number of benzene rings is 1. The molecule has 0 aliphatic carbocycles. The number of aromatic carboxylic acids is 1. The van der Waals surface area contributed by atoms with Gasteiger partial charge in [0.25, 0.3) is 0 Å². The van der Waals surface area contributed by atoms with Crippen molar-refractivity contribution in [2.75, 3.05) is 0 Å². The fourth-order valence-corrected chi connectivity index (χ4v) is 2.80. The fraction of sp³-hybridized carbons (Fsp3) is 0.0833. The van der Waals surface area contributed by atoms with Gasteiger partial charge >= 0.3 is 5.97 Å². The van der Waals surface area contributed by atoms with Crippen LogP contribution in [0.3, 0.4) is 0 Å². The fourth-order valence-electron chi connectivity index (χ4n) is 1.61. The molecule has 0 atom stereocenters. The Balaban J connectivity index is 2.74. The zero-order valence-electron chi connectivity index (χ0n) is 8.06. The maximum Gasteiger partial charge on any atom is 0.337 e. The van der Waals surface area contributed by atoms with Gasteiger partial charge in [0.1, 0.15) is 0 Å². The summed E-state index contributed by atoms with van der Waals surface area (Å²) in [4.78, 5) is 12.0. The van der Waals surface area contributed by atoms with Crippen LogP contribution in [0.5, 0.6) is 0 Å². The quantitative estimate of drug-likeness (QED) is 0.802. The topological polar surface area (TPSA) is 37.3 Å². The number of allylic oxidation sites excluding steroid dienone is 1. The van der Waals surface area contributed by atoms with E-state index in [-0.39, 0.29) is 0 Å². The Hall–Kier alpha value is -1.61. The number of thiophene rings is 1. The summed E-state index contributed by atoms with van der Waals surface area (Å²) in [6.07, 6.45) is 2.35. The summed E-state index contributed by atoms with van der Waals surface area (Å²) in [5.74, 6) is -0.857. The van der Waals surface area contributed by atoms with Gasteiger partial charge < -0.3 is 5.11 Å². The van der Waals surface area contributed by atoms with E-state index in [2.05, 4.69) is 6.58 Å². The van der Waals surface area contributed by atoms with Crippen molar-refractivity contribution < 1.29 is 9.90 Å². The second-order valence-electron chi connectivity index (χ2n) is 3.19. The number of hydrogen-bond acceptors (Lipinski definition) is 2. The highest BCUT2D eigenvalue weighted by atomic mass is 32.1. The van der Waals surface area contributed by atoms with Crippen LogP contribution in [0.4, 0.5) is 0 Å². The van der Waals surface area contributed by atoms with Crippen molar-refractivity contribution in [2.24, 2.45) is 0 Å². The van der Waals surface area contributed by atoms with Crippen LogP contribution in [0.25, 0.3) is 10.1 Å². The monoisotopic (exact) mass is 218 g/mol. The molecule has 1 N–H and O–H groups in total. The normalized spacial score (nSPS) is 10.4. The van der Waals surface area contributed by atoms with Gasteiger partial charge in [-0.25, -0.2) is 4.79 Å².